The van der Waals surface area contributed by atoms with Gasteiger partial charge in [-0.3, -0.25) is 28.9 Å². The highest BCUT2D eigenvalue weighted by atomic mass is 16.2. The van der Waals surface area contributed by atoms with Gasteiger partial charge in [-0.1, -0.05) is 12.8 Å². The Balaban J connectivity index is 1.07. The molecular weight excluding hydrogens is 548 g/mol. The van der Waals surface area contributed by atoms with E-state index >= 15 is 0 Å². The molecule has 12 heteroatoms. The summed E-state index contributed by atoms with van der Waals surface area (Å²) in [6.07, 6.45) is 9.92. The van der Waals surface area contributed by atoms with Crippen LogP contribution in [-0.4, -0.2) is 61.2 Å². The summed E-state index contributed by atoms with van der Waals surface area (Å²) in [5.74, 6) is -1.98. The van der Waals surface area contributed by atoms with Crippen LogP contribution in [0.15, 0.2) is 55.0 Å². The van der Waals surface area contributed by atoms with Gasteiger partial charge in [0, 0.05) is 37.0 Å². The topological polar surface area (TPSA) is 177 Å². The molecule has 2 aromatic heterocycles. The Morgan fingerprint density at radius 1 is 1.02 bits per heavy atom. The van der Waals surface area contributed by atoms with Crippen molar-refractivity contribution in [2.75, 3.05) is 11.9 Å². The summed E-state index contributed by atoms with van der Waals surface area (Å²) in [4.78, 5) is 58.3. The number of aryl methyl sites for hydroxylation is 1. The first kappa shape index (κ1) is 29.1. The van der Waals surface area contributed by atoms with Crippen molar-refractivity contribution in [3.05, 3.63) is 71.7 Å². The van der Waals surface area contributed by atoms with Crippen molar-refractivity contribution < 1.29 is 19.2 Å². The number of imide groups is 1. The van der Waals surface area contributed by atoms with Crippen molar-refractivity contribution >= 4 is 40.7 Å². The number of amides is 3. The molecular formula is C31H30N8O4. The average Bonchev–Trinajstić information content (AvgIpc) is 3.58. The maximum absolute atomic E-state index is 12.9. The van der Waals surface area contributed by atoms with Crippen LogP contribution in [0.2, 0.25) is 0 Å². The van der Waals surface area contributed by atoms with Gasteiger partial charge in [0.25, 0.3) is 11.8 Å². The van der Waals surface area contributed by atoms with Gasteiger partial charge in [0.15, 0.2) is 0 Å². The zero-order valence-corrected chi connectivity index (χ0v) is 23.4. The molecule has 0 radical (unpaired) electrons. The Morgan fingerprint density at radius 3 is 2.63 bits per heavy atom. The summed E-state index contributed by atoms with van der Waals surface area (Å²) in [6, 6.07) is 11.1. The van der Waals surface area contributed by atoms with Gasteiger partial charge in [0.05, 0.1) is 51.9 Å². The molecule has 0 aliphatic carbocycles. The van der Waals surface area contributed by atoms with Crippen LogP contribution in [-0.2, 0) is 16.1 Å². The number of aldehydes is 1. The zero-order valence-electron chi connectivity index (χ0n) is 23.4. The molecule has 1 aliphatic rings. The van der Waals surface area contributed by atoms with E-state index in [2.05, 4.69) is 26.5 Å². The molecule has 3 N–H and O–H groups in total. The van der Waals surface area contributed by atoms with E-state index in [1.54, 1.807) is 48.8 Å². The first-order valence-corrected chi connectivity index (χ1v) is 14.1. The number of benzene rings is 2. The molecule has 1 aliphatic heterocycles. The number of hydrogen-bond donors (Lipinski definition) is 2. The fraction of sp³-hybridized carbons (Fsp3) is 0.290. The molecule has 0 saturated heterocycles. The molecule has 3 heterocycles. The predicted molar refractivity (Wildman–Crippen MR) is 158 cm³/mol. The summed E-state index contributed by atoms with van der Waals surface area (Å²) in [5, 5.41) is 16.9. The standard InChI is InChI=1S/C31H30N8O4/c32-16-20-7-10-25-26(14-20)37-27(18-35-25)21-17-36-38(19-21)12-4-2-1-3-11-34-22-8-9-23-24(15-22)31(43)39(30(23)42)28(29(33)41)6-5-13-40/h7-10,13-15,17-19,28,34H,1-6,11-12H2,(H2,33,41). The Morgan fingerprint density at radius 2 is 1.84 bits per heavy atom. The third-order valence-corrected chi connectivity index (χ3v) is 7.36. The Kier molecular flexibility index (Phi) is 8.81. The van der Waals surface area contributed by atoms with Gasteiger partial charge in [0.1, 0.15) is 12.3 Å². The molecule has 0 spiro atoms. The summed E-state index contributed by atoms with van der Waals surface area (Å²) in [5.41, 5.74) is 10.1. The van der Waals surface area contributed by atoms with Crippen LogP contribution in [0, 0.1) is 11.3 Å². The molecule has 4 aromatic rings. The molecule has 1 atom stereocenters. The number of rotatable bonds is 14. The van der Waals surface area contributed by atoms with E-state index in [-0.39, 0.29) is 24.0 Å². The molecule has 3 amide bonds. The number of nitrogens with zero attached hydrogens (tertiary/aromatic N) is 6. The molecule has 12 nitrogen and oxygen atoms in total. The smallest absolute Gasteiger partial charge is 0.262 e. The summed E-state index contributed by atoms with van der Waals surface area (Å²) in [6.45, 7) is 1.46. The quantitative estimate of drug-likeness (QED) is 0.129. The van der Waals surface area contributed by atoms with Crippen molar-refractivity contribution in [1.29, 1.82) is 5.26 Å². The SMILES string of the molecule is N#Cc1ccc2ncc(-c3cnn(CCCCCCNc4ccc5c(c4)C(=O)N(C(CCC=O)C(N)=O)C5=O)c3)nc2c1. The van der Waals surface area contributed by atoms with E-state index in [9.17, 15) is 19.2 Å². The first-order chi connectivity index (χ1) is 20.9. The van der Waals surface area contributed by atoms with Gasteiger partial charge in [-0.05, 0) is 55.7 Å². The minimum atomic E-state index is -1.16. The number of fused-ring (bicyclic) bond motifs is 2. The highest BCUT2D eigenvalue weighted by molar-refractivity contribution is 6.23. The normalized spacial score (nSPS) is 13.1. The second kappa shape index (κ2) is 13.0. The number of nitriles is 1. The van der Waals surface area contributed by atoms with Crippen LogP contribution < -0.4 is 11.1 Å². The zero-order chi connectivity index (χ0) is 30.3. The van der Waals surface area contributed by atoms with E-state index < -0.39 is 23.8 Å². The molecule has 1 unspecified atom stereocenters. The van der Waals surface area contributed by atoms with Gasteiger partial charge in [-0.2, -0.15) is 10.4 Å². The molecule has 218 valence electrons. The lowest BCUT2D eigenvalue weighted by atomic mass is 10.1. The predicted octanol–water partition coefficient (Wildman–Crippen LogP) is 3.47. The minimum absolute atomic E-state index is 0.00101. The summed E-state index contributed by atoms with van der Waals surface area (Å²) >= 11 is 0. The highest BCUT2D eigenvalue weighted by Crippen LogP contribution is 2.28. The number of nitrogens with two attached hydrogens (primary N) is 1. The molecule has 2 aromatic carbocycles. The van der Waals surface area contributed by atoms with Gasteiger partial charge < -0.3 is 15.8 Å². The molecule has 5 rings (SSSR count). The third kappa shape index (κ3) is 6.41. The average molecular weight is 579 g/mol. The van der Waals surface area contributed by atoms with E-state index in [1.165, 1.54) is 0 Å². The van der Waals surface area contributed by atoms with E-state index in [0.29, 0.717) is 35.3 Å². The fourth-order valence-corrected chi connectivity index (χ4v) is 5.10. The Hall–Kier alpha value is -5.44. The van der Waals surface area contributed by atoms with Crippen molar-refractivity contribution in [1.82, 2.24) is 24.6 Å². The number of anilines is 1. The van der Waals surface area contributed by atoms with Crippen LogP contribution in [0.4, 0.5) is 5.69 Å². The lowest BCUT2D eigenvalue weighted by Crippen LogP contribution is -2.47. The Labute approximate surface area is 247 Å². The Bertz CT molecular complexity index is 1740. The van der Waals surface area contributed by atoms with Gasteiger partial charge in [-0.25, -0.2) is 4.98 Å². The van der Waals surface area contributed by atoms with Crippen LogP contribution in [0.3, 0.4) is 0 Å². The maximum atomic E-state index is 12.9. The fourth-order valence-electron chi connectivity index (χ4n) is 5.10. The van der Waals surface area contributed by atoms with Crippen LogP contribution in [0.25, 0.3) is 22.3 Å². The second-order valence-electron chi connectivity index (χ2n) is 10.3. The van der Waals surface area contributed by atoms with Gasteiger partial charge in [0.2, 0.25) is 5.91 Å². The number of nitrogens with one attached hydrogen (secondary N) is 1. The molecule has 43 heavy (non-hydrogen) atoms. The van der Waals surface area contributed by atoms with Crippen molar-refractivity contribution in [2.24, 2.45) is 5.73 Å². The van der Waals surface area contributed by atoms with E-state index in [4.69, 9.17) is 11.0 Å². The highest BCUT2D eigenvalue weighted by Gasteiger charge is 2.42. The largest absolute Gasteiger partial charge is 0.385 e. The lowest BCUT2D eigenvalue weighted by molar-refractivity contribution is -0.122. The number of primary amides is 1. The number of carbonyl (C=O) groups is 4. The third-order valence-electron chi connectivity index (χ3n) is 7.36. The lowest BCUT2D eigenvalue weighted by Gasteiger charge is -2.22. The van der Waals surface area contributed by atoms with Crippen molar-refractivity contribution in [3.63, 3.8) is 0 Å². The minimum Gasteiger partial charge on any atom is -0.385 e. The number of hydrogen-bond acceptors (Lipinski definition) is 9. The number of aromatic nitrogens is 4. The van der Waals surface area contributed by atoms with Crippen LogP contribution in [0.1, 0.15) is 64.8 Å². The van der Waals surface area contributed by atoms with Crippen molar-refractivity contribution in [3.8, 4) is 17.3 Å². The molecule has 0 saturated carbocycles. The maximum Gasteiger partial charge on any atom is 0.262 e. The number of carbonyl (C=O) groups excluding carboxylic acids is 4. The van der Waals surface area contributed by atoms with Crippen LogP contribution >= 0.6 is 0 Å². The first-order valence-electron chi connectivity index (χ1n) is 14.1. The number of unbranched alkanes of at least 4 members (excludes halogenated alkanes) is 3. The van der Waals surface area contributed by atoms with E-state index in [1.807, 2.05) is 10.9 Å². The molecule has 0 fully saturated rings. The monoisotopic (exact) mass is 578 g/mol. The van der Waals surface area contributed by atoms with Gasteiger partial charge in [-0.15, -0.1) is 0 Å². The summed E-state index contributed by atoms with van der Waals surface area (Å²) in [7, 11) is 0. The second-order valence-corrected chi connectivity index (χ2v) is 10.3. The van der Waals surface area contributed by atoms with Crippen molar-refractivity contribution in [2.45, 2.75) is 51.1 Å². The van der Waals surface area contributed by atoms with Gasteiger partial charge >= 0.3 is 0 Å². The molecule has 0 bridgehead atoms. The van der Waals surface area contributed by atoms with E-state index in [0.717, 1.165) is 48.2 Å². The van der Waals surface area contributed by atoms with Crippen LogP contribution in [0.5, 0.6) is 0 Å². The summed E-state index contributed by atoms with van der Waals surface area (Å²) < 4.78 is 1.89.